The van der Waals surface area contributed by atoms with E-state index < -0.39 is 0 Å². The van der Waals surface area contributed by atoms with Gasteiger partial charge in [-0.3, -0.25) is 4.79 Å². The van der Waals surface area contributed by atoms with Crippen molar-refractivity contribution in [1.82, 2.24) is 4.98 Å². The summed E-state index contributed by atoms with van der Waals surface area (Å²) in [6.45, 7) is 2.05. The molecule has 4 nitrogen and oxygen atoms in total. The number of nitrogens with one attached hydrogen (secondary N) is 1. The molecule has 0 saturated carbocycles. The molecule has 21 heavy (non-hydrogen) atoms. The van der Waals surface area contributed by atoms with Crippen molar-refractivity contribution < 1.29 is 9.21 Å². The number of amides is 1. The van der Waals surface area contributed by atoms with E-state index in [9.17, 15) is 4.79 Å². The molecule has 0 fully saturated rings. The lowest BCUT2D eigenvalue weighted by Gasteiger charge is -2.05. The zero-order valence-electron chi connectivity index (χ0n) is 11.8. The Bertz CT molecular complexity index is 777. The van der Waals surface area contributed by atoms with Gasteiger partial charge in [-0.05, 0) is 37.1 Å². The van der Waals surface area contributed by atoms with Crippen LogP contribution >= 0.6 is 0 Å². The van der Waals surface area contributed by atoms with Crippen LogP contribution in [0.5, 0.6) is 0 Å². The molecule has 0 atom stereocenters. The molecule has 4 heteroatoms. The van der Waals surface area contributed by atoms with Gasteiger partial charge in [-0.25, -0.2) is 4.98 Å². The summed E-state index contributed by atoms with van der Waals surface area (Å²) in [6, 6.07) is 13.6. The number of benzene rings is 2. The summed E-state index contributed by atoms with van der Waals surface area (Å²) in [5, 5.41) is 2.89. The predicted octanol–water partition coefficient (Wildman–Crippen LogP) is 3.71. The first kappa shape index (κ1) is 13.4. The zero-order valence-corrected chi connectivity index (χ0v) is 11.8. The highest BCUT2D eigenvalue weighted by atomic mass is 16.3. The SMILES string of the molecule is Cc1cccc(CCC(=O)Nc2ccc3ocnc3c2)c1. The van der Waals surface area contributed by atoms with Gasteiger partial charge in [0.05, 0.1) is 0 Å². The van der Waals surface area contributed by atoms with Crippen LogP contribution in [0.1, 0.15) is 17.5 Å². The van der Waals surface area contributed by atoms with Crippen molar-refractivity contribution in [2.75, 3.05) is 5.32 Å². The van der Waals surface area contributed by atoms with E-state index in [1.165, 1.54) is 17.5 Å². The van der Waals surface area contributed by atoms with E-state index in [0.29, 0.717) is 12.0 Å². The van der Waals surface area contributed by atoms with Gasteiger partial charge in [0.2, 0.25) is 5.91 Å². The average Bonchev–Trinajstić information content (AvgIpc) is 2.93. The molecule has 0 aliphatic rings. The molecule has 0 bridgehead atoms. The van der Waals surface area contributed by atoms with Crippen LogP contribution in [0.25, 0.3) is 11.1 Å². The van der Waals surface area contributed by atoms with Crippen LogP contribution in [0.2, 0.25) is 0 Å². The lowest BCUT2D eigenvalue weighted by molar-refractivity contribution is -0.116. The maximum Gasteiger partial charge on any atom is 0.224 e. The molecule has 1 amide bonds. The fraction of sp³-hybridized carbons (Fsp3) is 0.176. The van der Waals surface area contributed by atoms with Crippen molar-refractivity contribution in [2.45, 2.75) is 19.8 Å². The van der Waals surface area contributed by atoms with Crippen molar-refractivity contribution in [3.63, 3.8) is 0 Å². The molecule has 1 heterocycles. The molecule has 1 N–H and O–H groups in total. The number of anilines is 1. The molecular formula is C17H16N2O2. The van der Waals surface area contributed by atoms with Crippen LogP contribution in [0, 0.1) is 6.92 Å². The molecule has 0 aliphatic heterocycles. The van der Waals surface area contributed by atoms with E-state index in [1.54, 1.807) is 6.07 Å². The van der Waals surface area contributed by atoms with Crippen molar-refractivity contribution in [3.05, 3.63) is 60.0 Å². The minimum absolute atomic E-state index is 0.000601. The van der Waals surface area contributed by atoms with Gasteiger partial charge in [0, 0.05) is 12.1 Å². The number of oxazole rings is 1. The van der Waals surface area contributed by atoms with Gasteiger partial charge in [-0.2, -0.15) is 0 Å². The first-order valence-electron chi connectivity index (χ1n) is 6.89. The molecule has 1 aromatic heterocycles. The summed E-state index contributed by atoms with van der Waals surface area (Å²) >= 11 is 0. The van der Waals surface area contributed by atoms with Crippen LogP contribution in [-0.2, 0) is 11.2 Å². The second kappa shape index (κ2) is 5.79. The number of hydrogen-bond donors (Lipinski definition) is 1. The van der Waals surface area contributed by atoms with E-state index in [0.717, 1.165) is 17.6 Å². The minimum Gasteiger partial charge on any atom is -0.443 e. The first-order valence-corrected chi connectivity index (χ1v) is 6.89. The van der Waals surface area contributed by atoms with E-state index in [2.05, 4.69) is 29.4 Å². The van der Waals surface area contributed by atoms with Crippen molar-refractivity contribution >= 4 is 22.7 Å². The Kier molecular flexibility index (Phi) is 3.69. The largest absolute Gasteiger partial charge is 0.443 e. The van der Waals surface area contributed by atoms with Crippen molar-refractivity contribution in [3.8, 4) is 0 Å². The van der Waals surface area contributed by atoms with Crippen LogP contribution in [0.4, 0.5) is 5.69 Å². The molecule has 2 aromatic carbocycles. The van der Waals surface area contributed by atoms with Gasteiger partial charge in [-0.1, -0.05) is 29.8 Å². The van der Waals surface area contributed by atoms with Crippen LogP contribution in [0.3, 0.4) is 0 Å². The zero-order chi connectivity index (χ0) is 14.7. The third kappa shape index (κ3) is 3.28. The molecule has 3 aromatic rings. The number of carbonyl (C=O) groups excluding carboxylic acids is 1. The number of rotatable bonds is 4. The van der Waals surface area contributed by atoms with E-state index in [1.807, 2.05) is 24.3 Å². The predicted molar refractivity (Wildman–Crippen MR) is 82.1 cm³/mol. The molecule has 0 saturated heterocycles. The van der Waals surface area contributed by atoms with Crippen LogP contribution in [0.15, 0.2) is 53.3 Å². The fourth-order valence-corrected chi connectivity index (χ4v) is 2.28. The number of aromatic nitrogens is 1. The molecule has 106 valence electrons. The van der Waals surface area contributed by atoms with E-state index in [4.69, 9.17) is 4.42 Å². The second-order valence-electron chi connectivity index (χ2n) is 5.07. The third-order valence-electron chi connectivity index (χ3n) is 3.34. The number of fused-ring (bicyclic) bond motifs is 1. The van der Waals surface area contributed by atoms with Gasteiger partial charge in [-0.15, -0.1) is 0 Å². The Morgan fingerprint density at radius 2 is 2.14 bits per heavy atom. The molecular weight excluding hydrogens is 264 g/mol. The maximum atomic E-state index is 12.0. The highest BCUT2D eigenvalue weighted by Crippen LogP contribution is 2.18. The fourth-order valence-electron chi connectivity index (χ4n) is 2.28. The molecule has 3 rings (SSSR count). The first-order chi connectivity index (χ1) is 10.2. The summed E-state index contributed by atoms with van der Waals surface area (Å²) in [6.07, 6.45) is 2.59. The summed E-state index contributed by atoms with van der Waals surface area (Å²) in [5.41, 5.74) is 4.59. The topological polar surface area (TPSA) is 55.1 Å². The molecule has 0 unspecified atom stereocenters. The normalized spacial score (nSPS) is 10.7. The molecule has 0 radical (unpaired) electrons. The van der Waals surface area contributed by atoms with Gasteiger partial charge in [0.25, 0.3) is 0 Å². The average molecular weight is 280 g/mol. The maximum absolute atomic E-state index is 12.0. The number of aryl methyl sites for hydroxylation is 2. The summed E-state index contributed by atoms with van der Waals surface area (Å²) in [4.78, 5) is 16.1. The van der Waals surface area contributed by atoms with E-state index in [-0.39, 0.29) is 5.91 Å². The third-order valence-corrected chi connectivity index (χ3v) is 3.34. The Hall–Kier alpha value is -2.62. The van der Waals surface area contributed by atoms with Crippen molar-refractivity contribution in [1.29, 1.82) is 0 Å². The van der Waals surface area contributed by atoms with Crippen LogP contribution in [-0.4, -0.2) is 10.9 Å². The monoisotopic (exact) mass is 280 g/mol. The van der Waals surface area contributed by atoms with Gasteiger partial charge in [0.1, 0.15) is 5.52 Å². The molecule has 0 spiro atoms. The van der Waals surface area contributed by atoms with Gasteiger partial charge < -0.3 is 9.73 Å². The lowest BCUT2D eigenvalue weighted by atomic mass is 10.1. The standard InChI is InChI=1S/C17H16N2O2/c1-12-3-2-4-13(9-12)5-8-17(20)19-14-6-7-16-15(10-14)18-11-21-16/h2-4,6-7,9-11H,5,8H2,1H3,(H,19,20). The Morgan fingerprint density at radius 3 is 3.00 bits per heavy atom. The second-order valence-corrected chi connectivity index (χ2v) is 5.07. The van der Waals surface area contributed by atoms with Crippen molar-refractivity contribution in [2.24, 2.45) is 0 Å². The summed E-state index contributed by atoms with van der Waals surface area (Å²) < 4.78 is 5.17. The quantitative estimate of drug-likeness (QED) is 0.792. The Labute approximate surface area is 122 Å². The number of carbonyl (C=O) groups is 1. The van der Waals surface area contributed by atoms with Gasteiger partial charge >= 0.3 is 0 Å². The van der Waals surface area contributed by atoms with E-state index >= 15 is 0 Å². The number of hydrogen-bond acceptors (Lipinski definition) is 3. The highest BCUT2D eigenvalue weighted by Gasteiger charge is 2.05. The van der Waals surface area contributed by atoms with Gasteiger partial charge in [0.15, 0.2) is 12.0 Å². The number of nitrogens with zero attached hydrogens (tertiary/aromatic N) is 1. The Morgan fingerprint density at radius 1 is 1.24 bits per heavy atom. The lowest BCUT2D eigenvalue weighted by Crippen LogP contribution is -2.12. The summed E-state index contributed by atoms with van der Waals surface area (Å²) in [7, 11) is 0. The highest BCUT2D eigenvalue weighted by molar-refractivity contribution is 5.92. The molecule has 0 aliphatic carbocycles. The Balaban J connectivity index is 1.60. The van der Waals surface area contributed by atoms with Crippen LogP contribution < -0.4 is 5.32 Å². The smallest absolute Gasteiger partial charge is 0.224 e. The summed E-state index contributed by atoms with van der Waals surface area (Å²) in [5.74, 6) is -0.000601. The minimum atomic E-state index is -0.000601.